The predicted molar refractivity (Wildman–Crippen MR) is 180 cm³/mol. The van der Waals surface area contributed by atoms with Gasteiger partial charge in [-0.3, -0.25) is 4.79 Å². The van der Waals surface area contributed by atoms with Crippen molar-refractivity contribution in [2.24, 2.45) is 40.4 Å². The number of anilines is 1. The van der Waals surface area contributed by atoms with E-state index in [0.717, 1.165) is 73.1 Å². The number of morpholine rings is 1. The average Bonchev–Trinajstić information content (AvgIpc) is 3.62. The maximum atomic E-state index is 13.2. The summed E-state index contributed by atoms with van der Waals surface area (Å²) in [4.78, 5) is 15.3. The Morgan fingerprint density at radius 2 is 1.82 bits per heavy atom. The second-order valence-electron chi connectivity index (χ2n) is 16.7. The van der Waals surface area contributed by atoms with Crippen LogP contribution in [0.1, 0.15) is 118 Å². The number of ether oxygens (including phenoxy) is 3. The molecule has 6 rings (SSSR count). The highest BCUT2D eigenvalue weighted by Crippen LogP contribution is 2.67. The van der Waals surface area contributed by atoms with Crippen molar-refractivity contribution in [2.75, 3.05) is 44.4 Å². The van der Waals surface area contributed by atoms with Crippen molar-refractivity contribution in [3.05, 3.63) is 0 Å². The summed E-state index contributed by atoms with van der Waals surface area (Å²) < 4.78 is 26.5. The van der Waals surface area contributed by atoms with Gasteiger partial charge in [0.25, 0.3) is 5.88 Å². The third kappa shape index (κ3) is 7.35. The zero-order valence-corrected chi connectivity index (χ0v) is 29.6. The summed E-state index contributed by atoms with van der Waals surface area (Å²) in [7, 11) is 0. The van der Waals surface area contributed by atoms with Gasteiger partial charge in [-0.1, -0.05) is 26.7 Å². The van der Waals surface area contributed by atoms with Crippen molar-refractivity contribution in [3.8, 4) is 5.88 Å². The third-order valence-corrected chi connectivity index (χ3v) is 13.5. The fourth-order valence-electron chi connectivity index (χ4n) is 10.6. The first kappa shape index (κ1) is 33.5. The average molecular weight is 645 g/mol. The molecule has 1 aromatic rings. The second-order valence-corrected chi connectivity index (χ2v) is 17.2. The van der Waals surface area contributed by atoms with E-state index in [1.54, 1.807) is 0 Å². The molecule has 0 amide bonds. The summed E-state index contributed by atoms with van der Waals surface area (Å²) in [5.41, 5.74) is 0.967. The molecule has 8 unspecified atom stereocenters. The summed E-state index contributed by atoms with van der Waals surface area (Å²) in [5.74, 6) is 5.67. The van der Waals surface area contributed by atoms with E-state index < -0.39 is 6.10 Å². The van der Waals surface area contributed by atoms with Crippen molar-refractivity contribution >= 4 is 23.5 Å². The Bertz CT molecular complexity index is 1130. The molecule has 0 aromatic carbocycles. The fraction of sp³-hybridized carbons (Fsp3) is 0.917. The molecule has 5 fully saturated rings. The Morgan fingerprint density at radius 1 is 1.02 bits per heavy atom. The van der Waals surface area contributed by atoms with Gasteiger partial charge in [0.1, 0.15) is 12.7 Å². The van der Waals surface area contributed by atoms with Gasteiger partial charge in [0.15, 0.2) is 0 Å². The van der Waals surface area contributed by atoms with E-state index in [1.165, 1.54) is 64.2 Å². The van der Waals surface area contributed by atoms with Gasteiger partial charge in [-0.25, -0.2) is 0 Å². The zero-order valence-electron chi connectivity index (χ0n) is 28.8. The lowest BCUT2D eigenvalue weighted by molar-refractivity contribution is -0.150. The number of carbonyl (C=O) groups excluding carboxylic acids is 1. The molecule has 5 aliphatic rings. The van der Waals surface area contributed by atoms with Crippen molar-refractivity contribution in [1.82, 2.24) is 14.1 Å². The lowest BCUT2D eigenvalue weighted by atomic mass is 9.45. The molecule has 45 heavy (non-hydrogen) atoms. The zero-order chi connectivity index (χ0) is 31.7. The fourth-order valence-corrected chi connectivity index (χ4v) is 11.1. The minimum absolute atomic E-state index is 0.0904. The smallest absolute Gasteiger partial charge is 0.306 e. The van der Waals surface area contributed by atoms with Gasteiger partial charge in [-0.2, -0.15) is 4.37 Å². The highest BCUT2D eigenvalue weighted by atomic mass is 32.1. The number of nitrogens with zero attached hydrogens (tertiary/aromatic N) is 3. The van der Waals surface area contributed by atoms with Crippen LogP contribution in [0.3, 0.4) is 0 Å². The van der Waals surface area contributed by atoms with E-state index in [9.17, 15) is 4.79 Å². The normalized spacial score (nSPS) is 35.7. The Morgan fingerprint density at radius 3 is 2.62 bits per heavy atom. The lowest BCUT2D eigenvalue weighted by Crippen LogP contribution is -2.52. The quantitative estimate of drug-likeness (QED) is 0.252. The largest absolute Gasteiger partial charge is 0.470 e. The van der Waals surface area contributed by atoms with Crippen LogP contribution in [-0.4, -0.2) is 65.8 Å². The van der Waals surface area contributed by atoms with Crippen LogP contribution in [0.4, 0.5) is 5.82 Å². The lowest BCUT2D eigenvalue weighted by Gasteiger charge is -2.60. The first-order chi connectivity index (χ1) is 21.6. The maximum Gasteiger partial charge on any atom is 0.306 e. The molecule has 1 N–H and O–H groups in total. The van der Waals surface area contributed by atoms with Crippen LogP contribution < -0.4 is 15.0 Å². The van der Waals surface area contributed by atoms with E-state index in [0.29, 0.717) is 42.9 Å². The molecule has 1 aliphatic heterocycles. The number of hydrogen-bond acceptors (Lipinski definition) is 9. The van der Waals surface area contributed by atoms with Crippen LogP contribution in [0.5, 0.6) is 5.88 Å². The van der Waals surface area contributed by atoms with Crippen molar-refractivity contribution in [1.29, 1.82) is 0 Å². The molecule has 8 atom stereocenters. The van der Waals surface area contributed by atoms with Crippen LogP contribution in [0, 0.1) is 40.4 Å². The number of carbonyl (C=O) groups is 1. The van der Waals surface area contributed by atoms with E-state index in [4.69, 9.17) is 14.2 Å². The van der Waals surface area contributed by atoms with E-state index in [1.807, 2.05) is 0 Å². The van der Waals surface area contributed by atoms with Gasteiger partial charge in [-0.15, -0.1) is 4.37 Å². The molecule has 1 aromatic heterocycles. The van der Waals surface area contributed by atoms with Gasteiger partial charge in [0, 0.05) is 31.6 Å². The molecule has 2 heterocycles. The Balaban J connectivity index is 1.00. The number of aromatic nitrogens is 2. The summed E-state index contributed by atoms with van der Waals surface area (Å²) in [6.45, 7) is 15.4. The van der Waals surface area contributed by atoms with Crippen LogP contribution in [0.25, 0.3) is 0 Å². The molecule has 9 heteroatoms. The third-order valence-electron chi connectivity index (χ3n) is 13.0. The molecule has 8 nitrogen and oxygen atoms in total. The Hall–Kier alpha value is -1.45. The summed E-state index contributed by atoms with van der Waals surface area (Å²) in [5, 5.41) is 3.50. The first-order valence-corrected chi connectivity index (χ1v) is 19.0. The number of rotatable bonds is 11. The predicted octanol–water partition coefficient (Wildman–Crippen LogP) is 7.27. The number of hydrogen-bond donors (Lipinski definition) is 1. The van der Waals surface area contributed by atoms with Gasteiger partial charge < -0.3 is 24.4 Å². The Labute approximate surface area is 276 Å². The van der Waals surface area contributed by atoms with Gasteiger partial charge in [0.2, 0.25) is 5.82 Å². The molecule has 254 valence electrons. The molecule has 0 bridgehead atoms. The van der Waals surface area contributed by atoms with Gasteiger partial charge in [-0.05, 0) is 125 Å². The van der Waals surface area contributed by atoms with Gasteiger partial charge in [0.05, 0.1) is 24.9 Å². The highest BCUT2D eigenvalue weighted by Gasteiger charge is 2.59. The summed E-state index contributed by atoms with van der Waals surface area (Å²) in [6, 6.07) is 0. The topological polar surface area (TPSA) is 85.8 Å². The number of fused-ring (bicyclic) bond motifs is 5. The molecule has 0 spiro atoms. The monoisotopic (exact) mass is 644 g/mol. The maximum absolute atomic E-state index is 13.2. The Kier molecular flexibility index (Phi) is 10.4. The van der Waals surface area contributed by atoms with E-state index in [-0.39, 0.29) is 18.1 Å². The van der Waals surface area contributed by atoms with Crippen molar-refractivity contribution in [2.45, 2.75) is 130 Å². The first-order valence-electron chi connectivity index (χ1n) is 18.3. The minimum atomic E-state index is -0.393. The second kappa shape index (κ2) is 14.0. The van der Waals surface area contributed by atoms with Crippen LogP contribution in [0.2, 0.25) is 0 Å². The molecule has 0 radical (unpaired) electrons. The molecular formula is C36H60N4O4S. The van der Waals surface area contributed by atoms with Crippen LogP contribution in [-0.2, 0) is 14.3 Å². The van der Waals surface area contributed by atoms with E-state index >= 15 is 0 Å². The highest BCUT2D eigenvalue weighted by molar-refractivity contribution is 6.99. The molecule has 1 saturated heterocycles. The van der Waals surface area contributed by atoms with Crippen molar-refractivity contribution < 1.29 is 19.0 Å². The van der Waals surface area contributed by atoms with Crippen LogP contribution in [0.15, 0.2) is 0 Å². The molecule has 4 saturated carbocycles. The number of nitrogens with one attached hydrogen (secondary N) is 1. The van der Waals surface area contributed by atoms with Gasteiger partial charge >= 0.3 is 5.97 Å². The van der Waals surface area contributed by atoms with Crippen LogP contribution >= 0.6 is 11.7 Å². The SMILES string of the molecule is CC(C)(C)NCC(COc1nsnc1N1CCOCC1)OC(=O)CCCC1CCC2C3CCC4CCCCC4(C)C3CCC12C. The molecule has 4 aliphatic carbocycles. The van der Waals surface area contributed by atoms with Crippen molar-refractivity contribution in [3.63, 3.8) is 0 Å². The summed E-state index contributed by atoms with van der Waals surface area (Å²) in [6.07, 6.45) is 16.6. The molecular weight excluding hydrogens is 584 g/mol. The standard InChI is InChI=1S/C36H60N4O4S/c1-34(2,3)37-23-27(24-43-33-32(38-45-39-33)40-19-21-42-22-20-40)44-31(41)11-8-10-26-13-15-29-28-14-12-25-9-6-7-17-35(25,4)30(28)16-18-36(26,29)5/h25-30,37H,6-24H2,1-5H3. The summed E-state index contributed by atoms with van der Waals surface area (Å²) >= 11 is 1.15. The minimum Gasteiger partial charge on any atom is -0.470 e. The van der Waals surface area contributed by atoms with E-state index in [2.05, 4.69) is 53.6 Å². The number of esters is 1.